The van der Waals surface area contributed by atoms with Gasteiger partial charge in [-0.1, -0.05) is 0 Å². The fourth-order valence-electron chi connectivity index (χ4n) is 2.11. The molecule has 0 bridgehead atoms. The Kier molecular flexibility index (Phi) is 6.19. The fraction of sp³-hybridized carbons (Fsp3) is 0.235. The van der Waals surface area contributed by atoms with Gasteiger partial charge in [-0.3, -0.25) is 4.79 Å². The number of carbonyl (C=O) groups is 1. The standard InChI is InChI=1S/C17H16F3NO3S/c1-23-13-5-8-15(24-2)12(9-13)10-21-16(22)11-3-6-14(7-4-11)25-17(18,19)20/h3-9H,10H2,1-2H3,(H,21,22). The molecule has 0 atom stereocenters. The van der Waals surface area contributed by atoms with Gasteiger partial charge in [0, 0.05) is 22.6 Å². The van der Waals surface area contributed by atoms with Crippen LogP contribution in [0.3, 0.4) is 0 Å². The van der Waals surface area contributed by atoms with Crippen LogP contribution < -0.4 is 14.8 Å². The van der Waals surface area contributed by atoms with E-state index >= 15 is 0 Å². The van der Waals surface area contributed by atoms with E-state index in [1.807, 2.05) is 0 Å². The molecule has 0 saturated carbocycles. The van der Waals surface area contributed by atoms with Crippen molar-refractivity contribution >= 4 is 17.7 Å². The zero-order chi connectivity index (χ0) is 18.4. The highest BCUT2D eigenvalue weighted by Gasteiger charge is 2.29. The van der Waals surface area contributed by atoms with Crippen LogP contribution in [0.2, 0.25) is 0 Å². The Morgan fingerprint density at radius 2 is 1.76 bits per heavy atom. The van der Waals surface area contributed by atoms with Gasteiger partial charge in [0.05, 0.1) is 14.2 Å². The van der Waals surface area contributed by atoms with E-state index in [0.717, 1.165) is 5.56 Å². The first-order valence-electron chi connectivity index (χ1n) is 7.17. The molecule has 8 heteroatoms. The molecule has 25 heavy (non-hydrogen) atoms. The third-order valence-electron chi connectivity index (χ3n) is 3.28. The summed E-state index contributed by atoms with van der Waals surface area (Å²) in [5, 5.41) is 2.71. The van der Waals surface area contributed by atoms with Gasteiger partial charge in [0.25, 0.3) is 5.91 Å². The van der Waals surface area contributed by atoms with E-state index in [1.54, 1.807) is 18.2 Å². The zero-order valence-corrected chi connectivity index (χ0v) is 14.3. The number of benzene rings is 2. The number of carbonyl (C=O) groups excluding carboxylic acids is 1. The number of hydrogen-bond donors (Lipinski definition) is 1. The maximum Gasteiger partial charge on any atom is 0.446 e. The van der Waals surface area contributed by atoms with Crippen molar-refractivity contribution < 1.29 is 27.4 Å². The number of ether oxygens (including phenoxy) is 2. The van der Waals surface area contributed by atoms with Crippen LogP contribution >= 0.6 is 11.8 Å². The second-order valence-electron chi connectivity index (χ2n) is 4.93. The average molecular weight is 371 g/mol. The first-order chi connectivity index (χ1) is 11.8. The molecule has 0 aliphatic rings. The lowest BCUT2D eigenvalue weighted by molar-refractivity contribution is -0.0328. The topological polar surface area (TPSA) is 47.6 Å². The van der Waals surface area contributed by atoms with Crippen LogP contribution in [-0.4, -0.2) is 25.6 Å². The summed E-state index contributed by atoms with van der Waals surface area (Å²) in [6.45, 7) is 0.193. The Balaban J connectivity index is 2.03. The number of nitrogens with one attached hydrogen (secondary N) is 1. The lowest BCUT2D eigenvalue weighted by Gasteiger charge is -2.12. The maximum atomic E-state index is 12.3. The molecule has 4 nitrogen and oxygen atoms in total. The Morgan fingerprint density at radius 3 is 2.32 bits per heavy atom. The monoisotopic (exact) mass is 371 g/mol. The van der Waals surface area contributed by atoms with Gasteiger partial charge in [0.1, 0.15) is 11.5 Å². The van der Waals surface area contributed by atoms with E-state index in [-0.39, 0.29) is 28.8 Å². The molecule has 2 aromatic rings. The molecule has 1 N–H and O–H groups in total. The molecule has 0 aliphatic heterocycles. The second kappa shape index (κ2) is 8.15. The van der Waals surface area contributed by atoms with E-state index in [1.165, 1.54) is 38.5 Å². The average Bonchev–Trinajstić information content (AvgIpc) is 2.58. The predicted molar refractivity (Wildman–Crippen MR) is 89.1 cm³/mol. The van der Waals surface area contributed by atoms with Gasteiger partial charge in [-0.15, -0.1) is 0 Å². The maximum absolute atomic E-state index is 12.3. The van der Waals surface area contributed by atoms with Crippen molar-refractivity contribution in [2.24, 2.45) is 0 Å². The van der Waals surface area contributed by atoms with Crippen molar-refractivity contribution in [3.63, 3.8) is 0 Å². The molecule has 134 valence electrons. The zero-order valence-electron chi connectivity index (χ0n) is 13.5. The number of halogens is 3. The molecule has 0 radical (unpaired) electrons. The van der Waals surface area contributed by atoms with E-state index in [4.69, 9.17) is 9.47 Å². The van der Waals surface area contributed by atoms with Gasteiger partial charge in [-0.25, -0.2) is 0 Å². The van der Waals surface area contributed by atoms with Crippen molar-refractivity contribution in [3.8, 4) is 11.5 Å². The largest absolute Gasteiger partial charge is 0.497 e. The summed E-state index contributed by atoms with van der Waals surface area (Å²) in [6.07, 6.45) is 0. The molecule has 2 rings (SSSR count). The Hall–Kier alpha value is -2.35. The van der Waals surface area contributed by atoms with Crippen LogP contribution in [0.15, 0.2) is 47.4 Å². The molecule has 2 aromatic carbocycles. The highest BCUT2D eigenvalue weighted by Crippen LogP contribution is 2.36. The third-order valence-corrected chi connectivity index (χ3v) is 4.02. The van der Waals surface area contributed by atoms with Gasteiger partial charge in [-0.05, 0) is 54.2 Å². The van der Waals surface area contributed by atoms with Gasteiger partial charge in [-0.2, -0.15) is 13.2 Å². The summed E-state index contributed by atoms with van der Waals surface area (Å²) in [5.41, 5.74) is -3.36. The number of amides is 1. The summed E-state index contributed by atoms with van der Waals surface area (Å²) in [4.78, 5) is 12.2. The number of hydrogen-bond acceptors (Lipinski definition) is 4. The smallest absolute Gasteiger partial charge is 0.446 e. The minimum atomic E-state index is -4.35. The summed E-state index contributed by atoms with van der Waals surface area (Å²) in [5.74, 6) is 0.824. The Morgan fingerprint density at radius 1 is 1.08 bits per heavy atom. The van der Waals surface area contributed by atoms with Gasteiger partial charge < -0.3 is 14.8 Å². The molecule has 0 aliphatic carbocycles. The van der Waals surface area contributed by atoms with Crippen molar-refractivity contribution in [1.29, 1.82) is 0 Å². The SMILES string of the molecule is COc1ccc(OC)c(CNC(=O)c2ccc(SC(F)(F)F)cc2)c1. The second-order valence-corrected chi connectivity index (χ2v) is 6.07. The molecule has 0 heterocycles. The van der Waals surface area contributed by atoms with Crippen molar-refractivity contribution in [2.45, 2.75) is 16.9 Å². The molecular weight excluding hydrogens is 355 g/mol. The molecule has 0 saturated heterocycles. The molecule has 0 aromatic heterocycles. The molecule has 0 unspecified atom stereocenters. The van der Waals surface area contributed by atoms with Crippen LogP contribution in [0.1, 0.15) is 15.9 Å². The molecule has 1 amide bonds. The first-order valence-corrected chi connectivity index (χ1v) is 7.99. The van der Waals surface area contributed by atoms with Crippen LogP contribution in [0.25, 0.3) is 0 Å². The van der Waals surface area contributed by atoms with Crippen molar-refractivity contribution in [3.05, 3.63) is 53.6 Å². The van der Waals surface area contributed by atoms with Crippen LogP contribution in [0.5, 0.6) is 11.5 Å². The third kappa shape index (κ3) is 5.60. The van der Waals surface area contributed by atoms with Crippen molar-refractivity contribution in [1.82, 2.24) is 5.32 Å². The van der Waals surface area contributed by atoms with Crippen LogP contribution in [0.4, 0.5) is 13.2 Å². The van der Waals surface area contributed by atoms with E-state index in [0.29, 0.717) is 11.5 Å². The van der Waals surface area contributed by atoms with Crippen LogP contribution in [-0.2, 0) is 6.54 Å². The first kappa shape index (κ1) is 19.0. The fourth-order valence-corrected chi connectivity index (χ4v) is 2.65. The summed E-state index contributed by atoms with van der Waals surface area (Å²) >= 11 is -0.222. The van der Waals surface area contributed by atoms with Crippen LogP contribution in [0, 0.1) is 0 Å². The number of thioether (sulfide) groups is 1. The number of methoxy groups -OCH3 is 2. The van der Waals surface area contributed by atoms with E-state index in [9.17, 15) is 18.0 Å². The number of alkyl halides is 3. The molecule has 0 spiro atoms. The lowest BCUT2D eigenvalue weighted by Crippen LogP contribution is -2.23. The predicted octanol–water partition coefficient (Wildman–Crippen LogP) is 4.25. The lowest BCUT2D eigenvalue weighted by atomic mass is 10.1. The van der Waals surface area contributed by atoms with Gasteiger partial charge >= 0.3 is 5.51 Å². The number of rotatable bonds is 6. The molecular formula is C17H16F3NO3S. The minimum absolute atomic E-state index is 0.0264. The Labute approximate surface area is 147 Å². The van der Waals surface area contributed by atoms with E-state index < -0.39 is 11.4 Å². The normalized spacial score (nSPS) is 11.1. The highest BCUT2D eigenvalue weighted by atomic mass is 32.2. The summed E-state index contributed by atoms with van der Waals surface area (Å²) in [7, 11) is 3.05. The van der Waals surface area contributed by atoms with Gasteiger partial charge in [0.2, 0.25) is 0 Å². The highest BCUT2D eigenvalue weighted by molar-refractivity contribution is 8.00. The van der Waals surface area contributed by atoms with Gasteiger partial charge in [0.15, 0.2) is 0 Å². The van der Waals surface area contributed by atoms with E-state index in [2.05, 4.69) is 5.32 Å². The minimum Gasteiger partial charge on any atom is -0.497 e. The van der Waals surface area contributed by atoms with Crippen molar-refractivity contribution in [2.75, 3.05) is 14.2 Å². The Bertz CT molecular complexity index is 733. The molecule has 0 fully saturated rings. The quantitative estimate of drug-likeness (QED) is 0.772. The summed E-state index contributed by atoms with van der Waals surface area (Å²) < 4.78 is 47.3. The summed E-state index contributed by atoms with van der Waals surface area (Å²) in [6, 6.07) is 10.4.